The van der Waals surface area contributed by atoms with E-state index < -0.39 is 11.8 Å². The van der Waals surface area contributed by atoms with Gasteiger partial charge in [0, 0.05) is 41.7 Å². The van der Waals surface area contributed by atoms with Crippen molar-refractivity contribution in [3.05, 3.63) is 88.7 Å². The van der Waals surface area contributed by atoms with Crippen LogP contribution in [0.1, 0.15) is 46.4 Å². The average Bonchev–Trinajstić information content (AvgIpc) is 3.38. The number of benzene rings is 2. The number of amides is 2. The van der Waals surface area contributed by atoms with Crippen LogP contribution in [0.15, 0.2) is 71.7 Å². The topological polar surface area (TPSA) is 119 Å². The predicted molar refractivity (Wildman–Crippen MR) is 164 cm³/mol. The van der Waals surface area contributed by atoms with Gasteiger partial charge in [0.2, 0.25) is 5.95 Å². The molecular weight excluding hydrogens is 535 g/mol. The van der Waals surface area contributed by atoms with Crippen LogP contribution in [-0.2, 0) is 5.41 Å². The van der Waals surface area contributed by atoms with Gasteiger partial charge in [-0.05, 0) is 49.7 Å². The normalized spacial score (nSPS) is 11.6. The Bertz CT molecular complexity index is 1840. The highest BCUT2D eigenvalue weighted by atomic mass is 19.1. The van der Waals surface area contributed by atoms with Gasteiger partial charge in [0.15, 0.2) is 0 Å². The fraction of sp³-hybridized carbons (Fsp3) is 0.258. The van der Waals surface area contributed by atoms with Crippen LogP contribution < -0.4 is 21.5 Å². The Labute approximate surface area is 242 Å². The number of carbonyl (C=O) groups is 1. The molecule has 0 saturated heterocycles. The Morgan fingerprint density at radius 2 is 1.74 bits per heavy atom. The second-order valence-electron chi connectivity index (χ2n) is 11.2. The van der Waals surface area contributed by atoms with Crippen molar-refractivity contribution >= 4 is 34.5 Å². The van der Waals surface area contributed by atoms with Gasteiger partial charge in [0.1, 0.15) is 17.3 Å². The molecule has 42 heavy (non-hydrogen) atoms. The average molecular weight is 569 g/mol. The van der Waals surface area contributed by atoms with E-state index >= 15 is 0 Å². The number of anilines is 3. The van der Waals surface area contributed by atoms with Gasteiger partial charge in [-0.15, -0.1) is 0 Å². The monoisotopic (exact) mass is 568 g/mol. The summed E-state index contributed by atoms with van der Waals surface area (Å²) >= 11 is 0. The van der Waals surface area contributed by atoms with Crippen LogP contribution in [0.4, 0.5) is 26.6 Å². The summed E-state index contributed by atoms with van der Waals surface area (Å²) in [4.78, 5) is 35.5. The maximum atomic E-state index is 15.0. The number of para-hydroxylation sites is 1. The molecule has 3 aromatic heterocycles. The van der Waals surface area contributed by atoms with E-state index in [0.717, 1.165) is 11.4 Å². The molecule has 0 aliphatic rings. The molecule has 0 atom stereocenters. The quantitative estimate of drug-likeness (QED) is 0.220. The molecule has 2 aromatic carbocycles. The van der Waals surface area contributed by atoms with E-state index in [0.29, 0.717) is 33.9 Å². The Hall–Kier alpha value is -5.06. The summed E-state index contributed by atoms with van der Waals surface area (Å²) in [6.45, 7) is 9.86. The Balaban J connectivity index is 1.49. The van der Waals surface area contributed by atoms with E-state index in [4.69, 9.17) is 5.10 Å². The van der Waals surface area contributed by atoms with Gasteiger partial charge in [-0.2, -0.15) is 10.1 Å². The van der Waals surface area contributed by atoms with E-state index in [9.17, 15) is 14.0 Å². The van der Waals surface area contributed by atoms with Gasteiger partial charge >= 0.3 is 6.03 Å². The molecule has 0 aliphatic carbocycles. The van der Waals surface area contributed by atoms with Gasteiger partial charge in [-0.1, -0.05) is 45.0 Å². The van der Waals surface area contributed by atoms with Gasteiger partial charge in [-0.25, -0.2) is 18.9 Å². The van der Waals surface area contributed by atoms with E-state index in [-0.39, 0.29) is 22.7 Å². The lowest BCUT2D eigenvalue weighted by Gasteiger charge is -2.16. The van der Waals surface area contributed by atoms with E-state index in [1.165, 1.54) is 18.2 Å². The van der Waals surface area contributed by atoms with Gasteiger partial charge in [0.25, 0.3) is 5.56 Å². The van der Waals surface area contributed by atoms with E-state index in [2.05, 4.69) is 25.9 Å². The maximum absolute atomic E-state index is 15.0. The van der Waals surface area contributed by atoms with Gasteiger partial charge in [-0.3, -0.25) is 14.7 Å². The Morgan fingerprint density at radius 1 is 1.00 bits per heavy atom. The summed E-state index contributed by atoms with van der Waals surface area (Å²) in [5.74, 6) is 0.176. The number of aromatic nitrogens is 5. The zero-order valence-corrected chi connectivity index (χ0v) is 24.4. The molecule has 0 bridgehead atoms. The highest BCUT2D eigenvalue weighted by Gasteiger charge is 2.22. The molecule has 5 rings (SSSR count). The summed E-state index contributed by atoms with van der Waals surface area (Å²) in [6, 6.07) is 16.2. The van der Waals surface area contributed by atoms with Gasteiger partial charge in [0.05, 0.1) is 17.1 Å². The lowest BCUT2D eigenvalue weighted by Crippen LogP contribution is -2.25. The van der Waals surface area contributed by atoms with Crippen LogP contribution >= 0.6 is 0 Å². The molecule has 5 aromatic rings. The number of carbonyl (C=O) groups excluding carboxylic acids is 1. The fourth-order valence-corrected chi connectivity index (χ4v) is 4.59. The minimum absolute atomic E-state index is 0.0794. The number of urea groups is 1. The second-order valence-corrected chi connectivity index (χ2v) is 11.2. The molecule has 0 radical (unpaired) electrons. The van der Waals surface area contributed by atoms with Crippen molar-refractivity contribution in [3.8, 4) is 16.8 Å². The zero-order valence-electron chi connectivity index (χ0n) is 24.4. The summed E-state index contributed by atoms with van der Waals surface area (Å²) in [5.41, 5.74) is 2.16. The van der Waals surface area contributed by atoms with Crippen molar-refractivity contribution < 1.29 is 9.18 Å². The minimum atomic E-state index is -0.658. The Morgan fingerprint density at radius 3 is 2.40 bits per heavy atom. The van der Waals surface area contributed by atoms with Crippen molar-refractivity contribution in [2.24, 2.45) is 0 Å². The number of nitrogens with one attached hydrogen (secondary N) is 3. The molecule has 10 nitrogen and oxygen atoms in total. The number of nitrogens with zero attached hydrogens (tertiary/aromatic N) is 5. The number of halogens is 1. The van der Waals surface area contributed by atoms with Crippen LogP contribution in [0.3, 0.4) is 0 Å². The number of hydrogen-bond acceptors (Lipinski definition) is 6. The molecule has 3 heterocycles. The van der Waals surface area contributed by atoms with Crippen molar-refractivity contribution in [3.63, 3.8) is 0 Å². The third-order valence-electron chi connectivity index (χ3n) is 6.76. The molecule has 0 unspecified atom stereocenters. The molecule has 2 amide bonds. The number of pyridine rings is 1. The smallest absolute Gasteiger partial charge is 0.324 e. The molecule has 0 fully saturated rings. The van der Waals surface area contributed by atoms with Crippen molar-refractivity contribution in [2.75, 3.05) is 23.0 Å². The number of fused-ring (bicyclic) bond motifs is 1. The van der Waals surface area contributed by atoms with Crippen LogP contribution in [0.25, 0.3) is 27.8 Å². The van der Waals surface area contributed by atoms with Crippen molar-refractivity contribution in [1.29, 1.82) is 0 Å². The SMILES string of the molecule is CNc1ncc2cc(-c3ccc(F)c(NC(=O)Nc4cc(C(C)(C)C)nn4-c4ccccc4)c3)c(=O)n(C(C)C)c2n1. The third kappa shape index (κ3) is 5.58. The largest absolute Gasteiger partial charge is 0.357 e. The standard InChI is InChI=1S/C31H33FN8O2/c1-18(2)39-27-20(17-34-29(33-6)37-27)14-22(28(39)41)19-12-13-23(32)24(15-19)35-30(42)36-26-16-25(31(3,4)5)38-40(26)21-10-8-7-9-11-21/h7-18H,1-6H3,(H,33,34,37)(H2,35,36,42). The zero-order chi connectivity index (χ0) is 30.2. The van der Waals surface area contributed by atoms with Crippen molar-refractivity contribution in [2.45, 2.75) is 46.1 Å². The predicted octanol–water partition coefficient (Wildman–Crippen LogP) is 6.35. The fourth-order valence-electron chi connectivity index (χ4n) is 4.59. The lowest BCUT2D eigenvalue weighted by atomic mass is 9.92. The summed E-state index contributed by atoms with van der Waals surface area (Å²) in [5, 5.41) is 13.6. The first-order valence-electron chi connectivity index (χ1n) is 13.6. The second kappa shape index (κ2) is 11.1. The van der Waals surface area contributed by atoms with Crippen LogP contribution in [0.5, 0.6) is 0 Å². The molecular formula is C31H33FN8O2. The van der Waals surface area contributed by atoms with Crippen LogP contribution in [0, 0.1) is 5.82 Å². The van der Waals surface area contributed by atoms with Crippen molar-refractivity contribution in [1.82, 2.24) is 24.3 Å². The first-order valence-corrected chi connectivity index (χ1v) is 13.6. The third-order valence-corrected chi connectivity index (χ3v) is 6.76. The summed E-state index contributed by atoms with van der Waals surface area (Å²) < 4.78 is 18.2. The first-order chi connectivity index (χ1) is 20.0. The molecule has 216 valence electrons. The number of rotatable bonds is 6. The Kier molecular flexibility index (Phi) is 7.51. The molecule has 0 saturated carbocycles. The highest BCUT2D eigenvalue weighted by molar-refractivity contribution is 6.00. The molecule has 0 aliphatic heterocycles. The molecule has 3 N–H and O–H groups in total. The molecule has 11 heteroatoms. The van der Waals surface area contributed by atoms with Gasteiger partial charge < -0.3 is 10.6 Å². The minimum Gasteiger partial charge on any atom is -0.357 e. The van der Waals surface area contributed by atoms with Crippen LogP contribution in [-0.4, -0.2) is 37.4 Å². The lowest BCUT2D eigenvalue weighted by molar-refractivity contribution is 0.262. The van der Waals surface area contributed by atoms with Crippen LogP contribution in [0.2, 0.25) is 0 Å². The highest BCUT2D eigenvalue weighted by Crippen LogP contribution is 2.28. The number of hydrogen-bond donors (Lipinski definition) is 3. The van der Waals surface area contributed by atoms with E-state index in [1.807, 2.05) is 65.0 Å². The first kappa shape index (κ1) is 28.5. The summed E-state index contributed by atoms with van der Waals surface area (Å²) in [6.07, 6.45) is 1.63. The molecule has 0 spiro atoms. The summed E-state index contributed by atoms with van der Waals surface area (Å²) in [7, 11) is 1.70. The maximum Gasteiger partial charge on any atom is 0.324 e. The van der Waals surface area contributed by atoms with E-state index in [1.54, 1.807) is 34.6 Å².